The van der Waals surface area contributed by atoms with Crippen LogP contribution in [-0.2, 0) is 4.74 Å². The summed E-state index contributed by atoms with van der Waals surface area (Å²) in [5.74, 6) is 0.850. The molecule has 0 radical (unpaired) electrons. The number of nitriles is 1. The van der Waals surface area contributed by atoms with E-state index in [1.807, 2.05) is 30.3 Å². The van der Waals surface area contributed by atoms with Gasteiger partial charge in [0.1, 0.15) is 6.07 Å². The third-order valence-corrected chi connectivity index (χ3v) is 4.64. The monoisotopic (exact) mass is 351 g/mol. The van der Waals surface area contributed by atoms with E-state index in [1.165, 1.54) is 20.0 Å². The van der Waals surface area contributed by atoms with Crippen LogP contribution >= 0.6 is 0 Å². The summed E-state index contributed by atoms with van der Waals surface area (Å²) in [6, 6.07) is 12.8. The van der Waals surface area contributed by atoms with Gasteiger partial charge in [0, 0.05) is 0 Å². The first-order valence-electron chi connectivity index (χ1n) is 8.63. The van der Waals surface area contributed by atoms with Gasteiger partial charge in [-0.15, -0.1) is 0 Å². The molecule has 0 bridgehead atoms. The maximum atomic E-state index is 12.0. The standard InChI is InChI=1S/C21H21NO4/c1-24-19-10-9-15(12-20(19)26-17-5-3-4-6-17)14-7-8-16(13-22)18(11-14)21(23)25-2/h7-12,17H,3-6H2,1-2H3. The first kappa shape index (κ1) is 17.8. The number of methoxy groups -OCH3 is 2. The fraction of sp³-hybridized carbons (Fsp3) is 0.333. The Kier molecular flexibility index (Phi) is 5.43. The van der Waals surface area contributed by atoms with Crippen LogP contribution in [0.2, 0.25) is 0 Å². The van der Waals surface area contributed by atoms with Gasteiger partial charge in [-0.2, -0.15) is 5.26 Å². The number of hydrogen-bond acceptors (Lipinski definition) is 5. The van der Waals surface area contributed by atoms with E-state index in [0.29, 0.717) is 11.5 Å². The maximum Gasteiger partial charge on any atom is 0.339 e. The summed E-state index contributed by atoms with van der Waals surface area (Å²) in [6.45, 7) is 0. The van der Waals surface area contributed by atoms with Gasteiger partial charge in [0.15, 0.2) is 11.5 Å². The molecule has 0 unspecified atom stereocenters. The van der Waals surface area contributed by atoms with Gasteiger partial charge in [0.25, 0.3) is 0 Å². The van der Waals surface area contributed by atoms with Crippen LogP contribution in [-0.4, -0.2) is 26.3 Å². The van der Waals surface area contributed by atoms with E-state index in [1.54, 1.807) is 19.2 Å². The number of carbonyl (C=O) groups is 1. The van der Waals surface area contributed by atoms with Crippen molar-refractivity contribution in [2.24, 2.45) is 0 Å². The van der Waals surface area contributed by atoms with Gasteiger partial charge >= 0.3 is 5.97 Å². The van der Waals surface area contributed by atoms with Crippen molar-refractivity contribution in [3.8, 4) is 28.7 Å². The van der Waals surface area contributed by atoms with E-state index in [2.05, 4.69) is 0 Å². The largest absolute Gasteiger partial charge is 0.493 e. The molecule has 0 amide bonds. The van der Waals surface area contributed by atoms with E-state index in [0.717, 1.165) is 24.0 Å². The second-order valence-corrected chi connectivity index (χ2v) is 6.25. The van der Waals surface area contributed by atoms with Crippen molar-refractivity contribution < 1.29 is 19.0 Å². The molecule has 0 aromatic heterocycles. The Morgan fingerprint density at radius 3 is 2.38 bits per heavy atom. The molecule has 0 aliphatic heterocycles. The van der Waals surface area contributed by atoms with Crippen molar-refractivity contribution in [2.45, 2.75) is 31.8 Å². The van der Waals surface area contributed by atoms with Crippen LogP contribution in [0.15, 0.2) is 36.4 Å². The number of nitrogens with zero attached hydrogens (tertiary/aromatic N) is 1. The lowest BCUT2D eigenvalue weighted by Gasteiger charge is -2.17. The first-order chi connectivity index (χ1) is 12.7. The van der Waals surface area contributed by atoms with E-state index < -0.39 is 5.97 Å². The van der Waals surface area contributed by atoms with Crippen LogP contribution in [0.3, 0.4) is 0 Å². The minimum atomic E-state index is -0.528. The number of esters is 1. The van der Waals surface area contributed by atoms with Crippen LogP contribution < -0.4 is 9.47 Å². The molecule has 0 saturated heterocycles. The van der Waals surface area contributed by atoms with Crippen molar-refractivity contribution in [3.05, 3.63) is 47.5 Å². The van der Waals surface area contributed by atoms with Crippen LogP contribution in [0, 0.1) is 11.3 Å². The average molecular weight is 351 g/mol. The number of hydrogen-bond donors (Lipinski definition) is 0. The highest BCUT2D eigenvalue weighted by Crippen LogP contribution is 2.36. The second-order valence-electron chi connectivity index (χ2n) is 6.25. The first-order valence-corrected chi connectivity index (χ1v) is 8.63. The third kappa shape index (κ3) is 3.65. The summed E-state index contributed by atoms with van der Waals surface area (Å²) in [6.07, 6.45) is 4.69. The minimum absolute atomic E-state index is 0.214. The summed E-state index contributed by atoms with van der Waals surface area (Å²) in [4.78, 5) is 12.0. The molecule has 3 rings (SSSR count). The number of benzene rings is 2. The Morgan fingerprint density at radius 1 is 1.04 bits per heavy atom. The Hall–Kier alpha value is -3.00. The molecule has 1 aliphatic carbocycles. The quantitative estimate of drug-likeness (QED) is 0.750. The molecule has 1 aliphatic rings. The molecule has 0 heterocycles. The van der Waals surface area contributed by atoms with Gasteiger partial charge in [-0.05, 0) is 61.1 Å². The van der Waals surface area contributed by atoms with Crippen molar-refractivity contribution in [3.63, 3.8) is 0 Å². The lowest BCUT2D eigenvalue weighted by atomic mass is 9.99. The Labute approximate surface area is 153 Å². The van der Waals surface area contributed by atoms with Gasteiger partial charge in [-0.25, -0.2) is 4.79 Å². The summed E-state index contributed by atoms with van der Waals surface area (Å²) in [5.41, 5.74) is 2.23. The predicted octanol–water partition coefficient (Wildman–Crippen LogP) is 4.34. The van der Waals surface area contributed by atoms with E-state index in [-0.39, 0.29) is 17.2 Å². The maximum absolute atomic E-state index is 12.0. The summed E-state index contributed by atoms with van der Waals surface area (Å²) in [5, 5.41) is 9.20. The zero-order valence-electron chi connectivity index (χ0n) is 15.0. The topological polar surface area (TPSA) is 68.6 Å². The van der Waals surface area contributed by atoms with Crippen molar-refractivity contribution in [2.75, 3.05) is 14.2 Å². The Balaban J connectivity index is 1.98. The molecule has 0 N–H and O–H groups in total. The molecule has 1 fully saturated rings. The van der Waals surface area contributed by atoms with Gasteiger partial charge in [-0.1, -0.05) is 12.1 Å². The lowest BCUT2D eigenvalue weighted by molar-refractivity contribution is 0.0600. The van der Waals surface area contributed by atoms with Crippen molar-refractivity contribution in [1.82, 2.24) is 0 Å². The Bertz CT molecular complexity index is 848. The number of carbonyl (C=O) groups excluding carboxylic acids is 1. The van der Waals surface area contributed by atoms with E-state index in [4.69, 9.17) is 14.2 Å². The molecule has 2 aromatic rings. The average Bonchev–Trinajstić information content (AvgIpc) is 3.19. The second kappa shape index (κ2) is 7.92. The van der Waals surface area contributed by atoms with Crippen molar-refractivity contribution >= 4 is 5.97 Å². The van der Waals surface area contributed by atoms with Gasteiger partial charge in [-0.3, -0.25) is 0 Å². The van der Waals surface area contributed by atoms with Gasteiger partial charge < -0.3 is 14.2 Å². The predicted molar refractivity (Wildman–Crippen MR) is 97.4 cm³/mol. The normalized spacial score (nSPS) is 13.9. The highest BCUT2D eigenvalue weighted by atomic mass is 16.5. The van der Waals surface area contributed by atoms with Gasteiger partial charge in [0.05, 0.1) is 31.5 Å². The minimum Gasteiger partial charge on any atom is -0.493 e. The molecular weight excluding hydrogens is 330 g/mol. The molecule has 26 heavy (non-hydrogen) atoms. The molecule has 5 heteroatoms. The molecule has 5 nitrogen and oxygen atoms in total. The molecule has 1 saturated carbocycles. The molecule has 0 atom stereocenters. The molecular formula is C21H21NO4. The number of rotatable bonds is 5. The lowest BCUT2D eigenvalue weighted by Crippen LogP contribution is -2.11. The van der Waals surface area contributed by atoms with Gasteiger partial charge in [0.2, 0.25) is 0 Å². The summed E-state index contributed by atoms with van der Waals surface area (Å²) < 4.78 is 16.3. The highest BCUT2D eigenvalue weighted by molar-refractivity contribution is 5.93. The van der Waals surface area contributed by atoms with Crippen LogP contribution in [0.4, 0.5) is 0 Å². The SMILES string of the molecule is COC(=O)c1cc(-c2ccc(OC)c(OC3CCCC3)c2)ccc1C#N. The summed E-state index contributed by atoms with van der Waals surface area (Å²) >= 11 is 0. The highest BCUT2D eigenvalue weighted by Gasteiger charge is 2.19. The molecule has 2 aromatic carbocycles. The fourth-order valence-corrected chi connectivity index (χ4v) is 3.23. The summed E-state index contributed by atoms with van der Waals surface area (Å²) in [7, 11) is 2.92. The number of ether oxygens (including phenoxy) is 3. The van der Waals surface area contributed by atoms with E-state index >= 15 is 0 Å². The molecule has 0 spiro atoms. The third-order valence-electron chi connectivity index (χ3n) is 4.64. The zero-order valence-corrected chi connectivity index (χ0v) is 15.0. The van der Waals surface area contributed by atoms with Crippen LogP contribution in [0.25, 0.3) is 11.1 Å². The van der Waals surface area contributed by atoms with Crippen LogP contribution in [0.1, 0.15) is 41.6 Å². The van der Waals surface area contributed by atoms with Crippen molar-refractivity contribution in [1.29, 1.82) is 5.26 Å². The van der Waals surface area contributed by atoms with E-state index in [9.17, 15) is 10.1 Å². The van der Waals surface area contributed by atoms with Crippen LogP contribution in [0.5, 0.6) is 11.5 Å². The molecule has 134 valence electrons. The smallest absolute Gasteiger partial charge is 0.339 e. The Morgan fingerprint density at radius 2 is 1.73 bits per heavy atom. The zero-order chi connectivity index (χ0) is 18.5. The fourth-order valence-electron chi connectivity index (χ4n) is 3.23.